The highest BCUT2D eigenvalue weighted by Crippen LogP contribution is 2.30. The van der Waals surface area contributed by atoms with E-state index in [1.54, 1.807) is 6.07 Å². The van der Waals surface area contributed by atoms with Crippen molar-refractivity contribution in [3.05, 3.63) is 48.0 Å². The number of rotatable bonds is 13. The van der Waals surface area contributed by atoms with E-state index >= 15 is 0 Å². The van der Waals surface area contributed by atoms with E-state index < -0.39 is 9.28 Å². The molecule has 0 fully saturated rings. The lowest BCUT2D eigenvalue weighted by Crippen LogP contribution is -2.29. The molecule has 0 spiro atoms. The first-order valence-corrected chi connectivity index (χ1v) is 12.7. The zero-order chi connectivity index (χ0) is 21.9. The minimum absolute atomic E-state index is 0.173. The summed E-state index contributed by atoms with van der Waals surface area (Å²) in [5.41, 5.74) is 3.43. The Bertz CT molecular complexity index is 733. The van der Waals surface area contributed by atoms with E-state index in [0.717, 1.165) is 60.8 Å². The van der Waals surface area contributed by atoms with Gasteiger partial charge in [-0.3, -0.25) is 0 Å². The lowest BCUT2D eigenvalue weighted by molar-refractivity contribution is 0.129. The van der Waals surface area contributed by atoms with Crippen LogP contribution >= 0.6 is 0 Å². The third kappa shape index (κ3) is 8.50. The number of hydrogen-bond acceptors (Lipinski definition) is 4. The highest BCUT2D eigenvalue weighted by Gasteiger charge is 2.19. The van der Waals surface area contributed by atoms with E-state index in [-0.39, 0.29) is 12.2 Å². The molecule has 2 rings (SSSR count). The third-order valence-corrected chi connectivity index (χ3v) is 6.81. The van der Waals surface area contributed by atoms with Crippen molar-refractivity contribution in [3.63, 3.8) is 0 Å². The van der Waals surface area contributed by atoms with Gasteiger partial charge in [-0.15, -0.1) is 0 Å². The number of hydrogen-bond donors (Lipinski definition) is 1. The van der Waals surface area contributed by atoms with Gasteiger partial charge in [-0.1, -0.05) is 31.5 Å². The average Bonchev–Trinajstić information content (AvgIpc) is 2.68. The molecule has 0 unspecified atom stereocenters. The molecule has 0 bridgehead atoms. The topological polar surface area (TPSA) is 47.9 Å². The highest BCUT2D eigenvalue weighted by atomic mass is 28.3. The normalized spacial score (nSPS) is 11.6. The van der Waals surface area contributed by atoms with Crippen LogP contribution in [0.15, 0.2) is 42.5 Å². The smallest absolute Gasteiger partial charge is 0.385 e. The van der Waals surface area contributed by atoms with E-state index in [1.165, 1.54) is 0 Å². The zero-order valence-electron chi connectivity index (χ0n) is 19.1. The van der Waals surface area contributed by atoms with Crippen molar-refractivity contribution in [2.75, 3.05) is 6.61 Å². The van der Waals surface area contributed by atoms with Gasteiger partial charge in [0.2, 0.25) is 0 Å². The Morgan fingerprint density at radius 3 is 2.17 bits per heavy atom. The highest BCUT2D eigenvalue weighted by molar-refractivity contribution is 6.44. The number of phenols is 1. The lowest BCUT2D eigenvalue weighted by atomic mass is 9.96. The Hall–Kier alpha value is -1.82. The van der Waals surface area contributed by atoms with Crippen molar-refractivity contribution in [3.8, 4) is 22.6 Å². The Balaban J connectivity index is 2.05. The molecule has 1 N–H and O–H groups in total. The number of aromatic hydroxyl groups is 1. The first-order valence-electron chi connectivity index (χ1n) is 11.1. The predicted octanol–water partition coefficient (Wildman–Crippen LogP) is 6.51. The van der Waals surface area contributed by atoms with Gasteiger partial charge in [0.1, 0.15) is 11.5 Å². The Kier molecular flexibility index (Phi) is 10.4. The largest absolute Gasteiger partial charge is 0.508 e. The molecule has 2 aromatic rings. The van der Waals surface area contributed by atoms with Gasteiger partial charge >= 0.3 is 9.28 Å². The zero-order valence-corrected chi connectivity index (χ0v) is 20.1. The second-order valence-electron chi connectivity index (χ2n) is 8.13. The van der Waals surface area contributed by atoms with Gasteiger partial charge in [0.05, 0.1) is 6.61 Å². The molecular formula is C25H37O4Si. The molecule has 0 aliphatic rings. The number of unbranched alkanes of at least 4 members (excludes halogenated alkanes) is 1. The maximum atomic E-state index is 10.0. The minimum atomic E-state index is -1.30. The quantitative estimate of drug-likeness (QED) is 0.291. The fourth-order valence-electron chi connectivity index (χ4n) is 3.23. The monoisotopic (exact) mass is 429 g/mol. The molecule has 0 aliphatic carbocycles. The van der Waals surface area contributed by atoms with Gasteiger partial charge < -0.3 is 18.7 Å². The number of phenolic OH excluding ortho intramolecular Hbond substituents is 1. The predicted molar refractivity (Wildman–Crippen MR) is 125 cm³/mol. The van der Waals surface area contributed by atoms with Crippen LogP contribution in [0.25, 0.3) is 11.1 Å². The molecule has 0 aliphatic heterocycles. The van der Waals surface area contributed by atoms with E-state index in [1.807, 2.05) is 24.3 Å². The average molecular weight is 430 g/mol. The first-order chi connectivity index (χ1) is 14.4. The first kappa shape index (κ1) is 24.4. The van der Waals surface area contributed by atoms with Crippen molar-refractivity contribution in [1.29, 1.82) is 0 Å². The summed E-state index contributed by atoms with van der Waals surface area (Å²) in [6.45, 7) is 11.1. The van der Waals surface area contributed by atoms with Gasteiger partial charge in [0.15, 0.2) is 0 Å². The van der Waals surface area contributed by atoms with Crippen LogP contribution < -0.4 is 4.74 Å². The van der Waals surface area contributed by atoms with Crippen LogP contribution in [0.4, 0.5) is 0 Å². The lowest BCUT2D eigenvalue weighted by Gasteiger charge is -2.20. The van der Waals surface area contributed by atoms with Crippen LogP contribution in [0.3, 0.4) is 0 Å². The molecular weight excluding hydrogens is 392 g/mol. The number of benzene rings is 2. The van der Waals surface area contributed by atoms with E-state index in [2.05, 4.69) is 46.8 Å². The van der Waals surface area contributed by atoms with Gasteiger partial charge in [-0.05, 0) is 94.0 Å². The molecule has 165 valence electrons. The Morgan fingerprint density at radius 2 is 1.57 bits per heavy atom. The maximum Gasteiger partial charge on any atom is 0.385 e. The van der Waals surface area contributed by atoms with Crippen molar-refractivity contribution >= 4 is 9.28 Å². The van der Waals surface area contributed by atoms with Gasteiger partial charge in [-0.2, -0.15) is 0 Å². The molecule has 0 saturated heterocycles. The maximum absolute atomic E-state index is 10.0. The van der Waals surface area contributed by atoms with Crippen molar-refractivity contribution < 1.29 is 18.7 Å². The molecule has 0 amide bonds. The number of ether oxygens (including phenoxy) is 1. The molecule has 30 heavy (non-hydrogen) atoms. The second-order valence-corrected chi connectivity index (χ2v) is 9.84. The summed E-state index contributed by atoms with van der Waals surface area (Å²) in [6.07, 6.45) is 4.37. The van der Waals surface area contributed by atoms with E-state index in [0.29, 0.717) is 5.75 Å². The fourth-order valence-corrected chi connectivity index (χ4v) is 5.04. The number of aryl methyl sites for hydroxylation is 1. The molecule has 2 aromatic carbocycles. The Labute approximate surface area is 184 Å². The molecule has 4 nitrogen and oxygen atoms in total. The summed E-state index contributed by atoms with van der Waals surface area (Å²) >= 11 is 0. The van der Waals surface area contributed by atoms with Crippen molar-refractivity contribution in [1.82, 2.24) is 0 Å². The van der Waals surface area contributed by atoms with Crippen LogP contribution in [-0.2, 0) is 15.3 Å². The van der Waals surface area contributed by atoms with Crippen molar-refractivity contribution in [2.24, 2.45) is 0 Å². The summed E-state index contributed by atoms with van der Waals surface area (Å²) in [4.78, 5) is 0. The molecule has 1 radical (unpaired) electrons. The fraction of sp³-hybridized carbons (Fsp3) is 0.520. The van der Waals surface area contributed by atoms with Gasteiger partial charge in [0.25, 0.3) is 0 Å². The molecule has 5 heteroatoms. The van der Waals surface area contributed by atoms with Crippen LogP contribution in [0, 0.1) is 0 Å². The summed E-state index contributed by atoms with van der Waals surface area (Å²) in [7, 11) is -1.30. The van der Waals surface area contributed by atoms with Crippen LogP contribution in [-0.4, -0.2) is 33.2 Å². The molecule has 0 saturated carbocycles. The molecule has 0 atom stereocenters. The van der Waals surface area contributed by atoms with E-state index in [4.69, 9.17) is 13.6 Å². The summed E-state index contributed by atoms with van der Waals surface area (Å²) < 4.78 is 17.8. The standard InChI is InChI=1S/C25H37O4Si/c1-6-7-16-27-24-13-10-21(11-14-24)25-15-12-23(26)18-22(25)9-8-17-30(28-19(2)3)29-20(4)5/h10-15,18-20,26H,6-9,16-17H2,1-5H3. The van der Waals surface area contributed by atoms with Gasteiger partial charge in [-0.25, -0.2) is 0 Å². The van der Waals surface area contributed by atoms with Gasteiger partial charge in [0, 0.05) is 12.2 Å². The third-order valence-electron chi connectivity index (χ3n) is 4.58. The van der Waals surface area contributed by atoms with Crippen LogP contribution in [0.1, 0.15) is 59.4 Å². The minimum Gasteiger partial charge on any atom is -0.508 e. The van der Waals surface area contributed by atoms with Crippen LogP contribution in [0.2, 0.25) is 6.04 Å². The van der Waals surface area contributed by atoms with Crippen LogP contribution in [0.5, 0.6) is 11.5 Å². The Morgan fingerprint density at radius 1 is 0.900 bits per heavy atom. The SMILES string of the molecule is CCCCOc1ccc(-c2ccc(O)cc2CCC[Si](OC(C)C)OC(C)C)cc1. The summed E-state index contributed by atoms with van der Waals surface area (Å²) in [6, 6.07) is 14.8. The summed E-state index contributed by atoms with van der Waals surface area (Å²) in [5.74, 6) is 1.20. The molecule has 0 heterocycles. The van der Waals surface area contributed by atoms with E-state index in [9.17, 15) is 5.11 Å². The molecule has 0 aromatic heterocycles. The van der Waals surface area contributed by atoms with Crippen molar-refractivity contribution in [2.45, 2.75) is 78.6 Å². The second kappa shape index (κ2) is 12.8. The summed E-state index contributed by atoms with van der Waals surface area (Å²) in [5, 5.41) is 10.0.